The van der Waals surface area contributed by atoms with Crippen molar-refractivity contribution in [1.29, 1.82) is 0 Å². The third-order valence-corrected chi connectivity index (χ3v) is 7.93. The van der Waals surface area contributed by atoms with Gasteiger partial charge in [0.25, 0.3) is 0 Å². The van der Waals surface area contributed by atoms with E-state index in [4.69, 9.17) is 15.3 Å². The van der Waals surface area contributed by atoms with Crippen LogP contribution in [-0.2, 0) is 19.2 Å². The summed E-state index contributed by atoms with van der Waals surface area (Å²) in [4.78, 5) is 53.6. The van der Waals surface area contributed by atoms with Crippen molar-refractivity contribution in [2.45, 2.75) is 52.5 Å². The number of H-pyrrole nitrogens is 2. The number of pyridine rings is 1. The molecule has 3 heterocycles. The summed E-state index contributed by atoms with van der Waals surface area (Å²) in [6.07, 6.45) is 7.39. The number of hydrogen-bond donors (Lipinski definition) is 3. The van der Waals surface area contributed by atoms with E-state index in [1.165, 1.54) is 0 Å². The van der Waals surface area contributed by atoms with Gasteiger partial charge in [0.2, 0.25) is 5.84 Å². The fourth-order valence-corrected chi connectivity index (χ4v) is 7.01. The van der Waals surface area contributed by atoms with E-state index in [-0.39, 0.29) is 37.6 Å². The molecule has 4 saturated carbocycles. The highest BCUT2D eigenvalue weighted by Gasteiger charge is 2.60. The average Bonchev–Trinajstić information content (AvgIpc) is 3.40. The quantitative estimate of drug-likeness (QED) is 0.169. The lowest BCUT2D eigenvalue weighted by Gasteiger charge is -2.58. The van der Waals surface area contributed by atoms with E-state index in [9.17, 15) is 14.4 Å². The largest absolute Gasteiger partial charge is 0.460 e. The van der Waals surface area contributed by atoms with E-state index in [1.807, 2.05) is 16.8 Å². The summed E-state index contributed by atoms with van der Waals surface area (Å²) in [6.45, 7) is 1.80. The molecule has 3 aromatic heterocycles. The van der Waals surface area contributed by atoms with Gasteiger partial charge in [-0.2, -0.15) is 0 Å². The number of amidine groups is 1. The van der Waals surface area contributed by atoms with Crippen LogP contribution in [0.4, 0.5) is 0 Å². The van der Waals surface area contributed by atoms with E-state index >= 15 is 0 Å². The highest BCUT2D eigenvalue weighted by Crippen LogP contribution is 2.64. The summed E-state index contributed by atoms with van der Waals surface area (Å²) < 4.78 is 6.68. The molecule has 35 heavy (non-hydrogen) atoms. The van der Waals surface area contributed by atoms with Crippen molar-refractivity contribution >= 4 is 39.8 Å². The van der Waals surface area contributed by atoms with Gasteiger partial charge in [0.05, 0.1) is 29.3 Å². The Bertz CT molecular complexity index is 1380. The van der Waals surface area contributed by atoms with Crippen LogP contribution in [0.25, 0.3) is 22.1 Å². The Morgan fingerprint density at radius 1 is 1.29 bits per heavy atom. The zero-order chi connectivity index (χ0) is 23.6. The Morgan fingerprint density at radius 3 is 2.74 bits per heavy atom. The molecule has 11 heteroatoms. The standard InChI is InChI=1S/C23H26N6O5.CH4/c1-2-33-20(30)18(24)28-34-21(31)23-7-11-5-12(8-23)16(13(6-11)9-23)29-17-14-3-4-25-19(14)26-10-15(17)27-22(29)32;/h3-4,10-13,16H,2,5-9H2,1H3,(H2,24,28)(H,25,26)(H,27,32);1H4. The Hall–Kier alpha value is -3.63. The van der Waals surface area contributed by atoms with Crippen LogP contribution in [0.3, 0.4) is 0 Å². The van der Waals surface area contributed by atoms with Gasteiger partial charge in [0.15, 0.2) is 0 Å². The van der Waals surface area contributed by atoms with Crippen molar-refractivity contribution in [3.63, 3.8) is 0 Å². The SMILES string of the molecule is C.CCOC(=O)/C(N)=N/OC(=O)C12CC3CC(C1)C(n1c(=O)[nH]c4cnc5[nH]ccc5c41)C(C3)C2. The maximum absolute atomic E-state index is 13.2. The van der Waals surface area contributed by atoms with E-state index in [0.717, 1.165) is 35.8 Å². The zero-order valence-corrected chi connectivity index (χ0v) is 18.7. The van der Waals surface area contributed by atoms with Crippen molar-refractivity contribution in [2.24, 2.45) is 34.1 Å². The van der Waals surface area contributed by atoms with Crippen LogP contribution >= 0.6 is 0 Å². The number of fused-ring (bicyclic) bond motifs is 3. The molecule has 4 bridgehead atoms. The highest BCUT2D eigenvalue weighted by molar-refractivity contribution is 6.34. The molecule has 2 atom stereocenters. The Morgan fingerprint density at radius 2 is 2.03 bits per heavy atom. The fraction of sp³-hybridized carbons (Fsp3) is 0.542. The molecule has 4 N–H and O–H groups in total. The monoisotopic (exact) mass is 482 g/mol. The molecule has 0 saturated heterocycles. The number of nitrogens with one attached hydrogen (secondary N) is 2. The smallest absolute Gasteiger partial charge is 0.377 e. The molecular formula is C24H30N6O5. The molecule has 2 unspecified atom stereocenters. The van der Waals surface area contributed by atoms with Gasteiger partial charge in [-0.05, 0) is 62.8 Å². The molecule has 0 radical (unpaired) electrons. The van der Waals surface area contributed by atoms with Crippen LogP contribution in [0.5, 0.6) is 0 Å². The number of esters is 1. The number of carbonyl (C=O) groups is 2. The van der Waals surface area contributed by atoms with Crippen molar-refractivity contribution in [1.82, 2.24) is 19.5 Å². The highest BCUT2D eigenvalue weighted by atomic mass is 16.7. The summed E-state index contributed by atoms with van der Waals surface area (Å²) in [5.41, 5.74) is 7.07. The molecular weight excluding hydrogens is 452 g/mol. The number of nitrogens with zero attached hydrogens (tertiary/aromatic N) is 3. The lowest BCUT2D eigenvalue weighted by atomic mass is 9.48. The molecule has 0 aliphatic heterocycles. The molecule has 4 aliphatic carbocycles. The summed E-state index contributed by atoms with van der Waals surface area (Å²) in [5, 5.41) is 4.46. The number of rotatable bonds is 4. The molecule has 4 aliphatic rings. The Labute approximate surface area is 201 Å². The van der Waals surface area contributed by atoms with Gasteiger partial charge in [-0.1, -0.05) is 12.6 Å². The van der Waals surface area contributed by atoms with Crippen LogP contribution < -0.4 is 11.4 Å². The maximum atomic E-state index is 13.2. The number of hydrogen-bond acceptors (Lipinski definition) is 7. The number of oxime groups is 1. The number of carbonyl (C=O) groups excluding carboxylic acids is 2. The number of aromatic nitrogens is 4. The third kappa shape index (κ3) is 3.43. The summed E-state index contributed by atoms with van der Waals surface area (Å²) in [5.74, 6) is -1.05. The van der Waals surface area contributed by atoms with Crippen LogP contribution in [0.15, 0.2) is 28.4 Å². The molecule has 11 nitrogen and oxygen atoms in total. The molecule has 3 aromatic rings. The number of aromatic amines is 2. The third-order valence-electron chi connectivity index (χ3n) is 7.93. The van der Waals surface area contributed by atoms with Gasteiger partial charge in [0, 0.05) is 17.6 Å². The first-order chi connectivity index (χ1) is 16.4. The van der Waals surface area contributed by atoms with Crippen LogP contribution in [0, 0.1) is 23.2 Å². The van der Waals surface area contributed by atoms with Crippen molar-refractivity contribution in [2.75, 3.05) is 6.61 Å². The Kier molecular flexibility index (Phi) is 5.45. The normalized spacial score (nSPS) is 29.3. The lowest BCUT2D eigenvalue weighted by Crippen LogP contribution is -2.55. The fourth-order valence-electron chi connectivity index (χ4n) is 7.01. The summed E-state index contributed by atoms with van der Waals surface area (Å²) in [7, 11) is 0. The molecule has 0 amide bonds. The van der Waals surface area contributed by atoms with Gasteiger partial charge in [-0.15, -0.1) is 0 Å². The van der Waals surface area contributed by atoms with E-state index in [0.29, 0.717) is 24.3 Å². The second-order valence-electron chi connectivity index (χ2n) is 9.88. The predicted molar refractivity (Wildman–Crippen MR) is 128 cm³/mol. The van der Waals surface area contributed by atoms with Crippen molar-refractivity contribution in [3.8, 4) is 0 Å². The van der Waals surface area contributed by atoms with Crippen LogP contribution in [0.1, 0.15) is 52.5 Å². The maximum Gasteiger partial charge on any atom is 0.377 e. The van der Waals surface area contributed by atoms with Crippen molar-refractivity contribution in [3.05, 3.63) is 28.9 Å². The van der Waals surface area contributed by atoms with Gasteiger partial charge in [-0.25, -0.2) is 19.4 Å². The first kappa shape index (κ1) is 23.1. The number of ether oxygens (including phenoxy) is 1. The second-order valence-corrected chi connectivity index (χ2v) is 9.88. The second kappa shape index (κ2) is 8.24. The zero-order valence-electron chi connectivity index (χ0n) is 18.7. The predicted octanol–water partition coefficient (Wildman–Crippen LogP) is 2.59. The first-order valence-electron chi connectivity index (χ1n) is 11.7. The summed E-state index contributed by atoms with van der Waals surface area (Å²) >= 11 is 0. The minimum absolute atomic E-state index is 0. The van der Waals surface area contributed by atoms with Crippen LogP contribution in [0.2, 0.25) is 0 Å². The molecule has 0 spiro atoms. The van der Waals surface area contributed by atoms with E-state index in [2.05, 4.69) is 20.1 Å². The summed E-state index contributed by atoms with van der Waals surface area (Å²) in [6, 6.07) is 1.93. The topological polar surface area (TPSA) is 157 Å². The molecule has 0 aromatic carbocycles. The van der Waals surface area contributed by atoms with E-state index < -0.39 is 23.2 Å². The van der Waals surface area contributed by atoms with Crippen LogP contribution in [-0.4, -0.2) is 43.9 Å². The lowest BCUT2D eigenvalue weighted by molar-refractivity contribution is -0.176. The average molecular weight is 483 g/mol. The van der Waals surface area contributed by atoms with Gasteiger partial charge in [0.1, 0.15) is 5.65 Å². The first-order valence-corrected chi connectivity index (χ1v) is 11.7. The minimum atomic E-state index is -0.815. The molecule has 4 fully saturated rings. The number of nitrogens with two attached hydrogens (primary N) is 1. The molecule has 186 valence electrons. The molecule has 7 rings (SSSR count). The Balaban J connectivity index is 0.00000253. The number of imidazole rings is 1. The van der Waals surface area contributed by atoms with Gasteiger partial charge in [-0.3, -0.25) is 4.57 Å². The van der Waals surface area contributed by atoms with Gasteiger partial charge >= 0.3 is 17.6 Å². The van der Waals surface area contributed by atoms with Crippen molar-refractivity contribution < 1.29 is 19.2 Å². The van der Waals surface area contributed by atoms with E-state index in [1.54, 1.807) is 13.1 Å². The minimum Gasteiger partial charge on any atom is -0.460 e. The van der Waals surface area contributed by atoms with Gasteiger partial charge < -0.3 is 25.3 Å².